The van der Waals surface area contributed by atoms with Crippen LogP contribution >= 0.6 is 15.8 Å². The maximum absolute atomic E-state index is 2.57. The molecule has 0 aliphatic heterocycles. The molecular formula is C61H78P2. The molecule has 0 nitrogen and oxygen atoms in total. The Morgan fingerprint density at radius 1 is 0.349 bits per heavy atom. The maximum Gasteiger partial charge on any atom is 0.0190 e. The minimum atomic E-state index is -0.935. The Morgan fingerprint density at radius 3 is 0.778 bits per heavy atom. The number of rotatable bonds is 13. The molecule has 2 heteroatoms. The summed E-state index contributed by atoms with van der Waals surface area (Å²) in [7, 11) is -1.87. The molecular weight excluding hydrogens is 795 g/mol. The molecule has 2 unspecified atom stereocenters. The summed E-state index contributed by atoms with van der Waals surface area (Å²) >= 11 is 0. The lowest BCUT2D eigenvalue weighted by molar-refractivity contribution is 0.152. The van der Waals surface area contributed by atoms with E-state index < -0.39 is 15.8 Å². The molecule has 0 amide bonds. The first-order valence-corrected chi connectivity index (χ1v) is 26.5. The summed E-state index contributed by atoms with van der Waals surface area (Å²) in [4.78, 5) is 0. The summed E-state index contributed by atoms with van der Waals surface area (Å²) in [6.07, 6.45) is 2.19. The zero-order valence-corrected chi connectivity index (χ0v) is 43.3. The minimum Gasteiger partial charge on any atom is -0.0654 e. The highest BCUT2D eigenvalue weighted by Gasteiger charge is 2.54. The van der Waals surface area contributed by atoms with Gasteiger partial charge in [-0.25, -0.2) is 0 Å². The van der Waals surface area contributed by atoms with E-state index in [1.165, 1.54) is 54.6 Å². The van der Waals surface area contributed by atoms with Crippen LogP contribution in [0.2, 0.25) is 0 Å². The van der Waals surface area contributed by atoms with Gasteiger partial charge in [0.05, 0.1) is 0 Å². The van der Waals surface area contributed by atoms with Crippen molar-refractivity contribution < 1.29 is 0 Å². The third kappa shape index (κ3) is 10.8. The van der Waals surface area contributed by atoms with Crippen LogP contribution in [-0.4, -0.2) is 0 Å². The molecule has 6 aromatic carbocycles. The van der Waals surface area contributed by atoms with Gasteiger partial charge < -0.3 is 0 Å². The van der Waals surface area contributed by atoms with Crippen LogP contribution < -0.4 is 21.2 Å². The van der Waals surface area contributed by atoms with Crippen molar-refractivity contribution in [2.75, 3.05) is 0 Å². The molecule has 0 aliphatic rings. The Balaban J connectivity index is 1.77. The van der Waals surface area contributed by atoms with E-state index >= 15 is 0 Å². The second-order valence-corrected chi connectivity index (χ2v) is 27.1. The Hall–Kier alpha value is -3.82. The SMILES string of the molecule is CCCC(C(C)C)(C(c1ccccc1)P(c1ccc(C(C)(C)C)cc1)c1ccc(C(C)(C)C)cc1)C(c1ccccc1)P(c1ccc(C(C)(C)C)cc1)c1ccc(C(C)(C)C)cc1. The van der Waals surface area contributed by atoms with Crippen molar-refractivity contribution in [1.29, 1.82) is 0 Å². The molecule has 2 atom stereocenters. The van der Waals surface area contributed by atoms with E-state index in [0.29, 0.717) is 5.92 Å². The molecule has 0 saturated carbocycles. The topological polar surface area (TPSA) is 0 Å². The summed E-state index contributed by atoms with van der Waals surface area (Å²) in [5, 5.41) is 5.82. The van der Waals surface area contributed by atoms with Gasteiger partial charge >= 0.3 is 0 Å². The largest absolute Gasteiger partial charge is 0.0654 e. The quantitative estimate of drug-likeness (QED) is 0.101. The number of hydrogen-bond donors (Lipinski definition) is 0. The molecule has 0 aliphatic carbocycles. The summed E-state index contributed by atoms with van der Waals surface area (Å²) in [6, 6.07) is 63.0. The van der Waals surface area contributed by atoms with E-state index in [4.69, 9.17) is 0 Å². The second kappa shape index (κ2) is 19.3. The van der Waals surface area contributed by atoms with E-state index in [-0.39, 0.29) is 38.4 Å². The molecule has 0 bridgehead atoms. The van der Waals surface area contributed by atoms with E-state index in [9.17, 15) is 0 Å². The fraction of sp³-hybridized carbons (Fsp3) is 0.410. The molecule has 0 radical (unpaired) electrons. The van der Waals surface area contributed by atoms with Crippen LogP contribution in [-0.2, 0) is 21.7 Å². The Bertz CT molecular complexity index is 2050. The highest BCUT2D eigenvalue weighted by molar-refractivity contribution is 7.74. The third-order valence-corrected chi connectivity index (χ3v) is 19.6. The lowest BCUT2D eigenvalue weighted by Gasteiger charge is -2.55. The van der Waals surface area contributed by atoms with Crippen LogP contribution in [0, 0.1) is 11.3 Å². The number of benzene rings is 6. The predicted octanol–water partition coefficient (Wildman–Crippen LogP) is 16.4. The normalized spacial score (nSPS) is 14.8. The first-order chi connectivity index (χ1) is 29.6. The van der Waals surface area contributed by atoms with Gasteiger partial charge in [0.1, 0.15) is 0 Å². The van der Waals surface area contributed by atoms with Crippen molar-refractivity contribution in [3.63, 3.8) is 0 Å². The van der Waals surface area contributed by atoms with Gasteiger partial charge in [-0.2, -0.15) is 0 Å². The van der Waals surface area contributed by atoms with Gasteiger partial charge in [-0.15, -0.1) is 0 Å². The summed E-state index contributed by atoms with van der Waals surface area (Å²) in [6.45, 7) is 35.6. The van der Waals surface area contributed by atoms with Crippen molar-refractivity contribution in [2.45, 2.75) is 150 Å². The fourth-order valence-corrected chi connectivity index (χ4v) is 16.7. The molecule has 0 N–H and O–H groups in total. The average Bonchev–Trinajstić information content (AvgIpc) is 3.24. The third-order valence-electron chi connectivity index (χ3n) is 13.6. The van der Waals surface area contributed by atoms with Crippen LogP contribution in [0.15, 0.2) is 158 Å². The molecule has 6 aromatic rings. The van der Waals surface area contributed by atoms with Crippen LogP contribution in [0.3, 0.4) is 0 Å². The Labute approximate surface area is 387 Å². The van der Waals surface area contributed by atoms with Crippen molar-refractivity contribution in [1.82, 2.24) is 0 Å². The van der Waals surface area contributed by atoms with Crippen LogP contribution in [0.25, 0.3) is 0 Å². The lowest BCUT2D eigenvalue weighted by atomic mass is 9.65. The summed E-state index contributed by atoms with van der Waals surface area (Å²) < 4.78 is 0. The van der Waals surface area contributed by atoms with Crippen LogP contribution in [0.5, 0.6) is 0 Å². The average molecular weight is 873 g/mol. The molecule has 332 valence electrons. The van der Waals surface area contributed by atoms with Gasteiger partial charge in [-0.3, -0.25) is 0 Å². The maximum atomic E-state index is 2.57. The summed E-state index contributed by atoms with van der Waals surface area (Å²) in [5.74, 6) is 0.341. The van der Waals surface area contributed by atoms with Gasteiger partial charge in [0.25, 0.3) is 0 Å². The Kier molecular flexibility index (Phi) is 14.9. The van der Waals surface area contributed by atoms with Crippen molar-refractivity contribution in [3.8, 4) is 0 Å². The van der Waals surface area contributed by atoms with Crippen molar-refractivity contribution >= 4 is 37.1 Å². The zero-order valence-electron chi connectivity index (χ0n) is 41.6. The Morgan fingerprint density at radius 2 is 0.587 bits per heavy atom. The van der Waals surface area contributed by atoms with Crippen LogP contribution in [0.1, 0.15) is 161 Å². The van der Waals surface area contributed by atoms with Gasteiger partial charge in [-0.05, 0) is 110 Å². The van der Waals surface area contributed by atoms with E-state index in [0.717, 1.165) is 12.8 Å². The highest BCUT2D eigenvalue weighted by atomic mass is 31.1. The molecule has 0 spiro atoms. The highest BCUT2D eigenvalue weighted by Crippen LogP contribution is 2.73. The first-order valence-electron chi connectivity index (χ1n) is 23.7. The smallest absolute Gasteiger partial charge is 0.0190 e. The minimum absolute atomic E-state index is 0.0672. The second-order valence-electron chi connectivity index (χ2n) is 22.6. The molecule has 6 rings (SSSR count). The summed E-state index contributed by atoms with van der Waals surface area (Å²) in [5.41, 5.74) is 8.93. The molecule has 0 fully saturated rings. The predicted molar refractivity (Wildman–Crippen MR) is 283 cm³/mol. The molecule has 0 aromatic heterocycles. The van der Waals surface area contributed by atoms with Crippen LogP contribution in [0.4, 0.5) is 0 Å². The van der Waals surface area contributed by atoms with E-state index in [1.807, 2.05) is 0 Å². The van der Waals surface area contributed by atoms with Crippen molar-refractivity contribution in [2.24, 2.45) is 11.3 Å². The molecule has 0 heterocycles. The van der Waals surface area contributed by atoms with Crippen molar-refractivity contribution in [3.05, 3.63) is 191 Å². The van der Waals surface area contributed by atoms with E-state index in [1.54, 1.807) is 0 Å². The first kappa shape index (κ1) is 48.6. The molecule has 0 saturated heterocycles. The monoisotopic (exact) mass is 873 g/mol. The molecule has 63 heavy (non-hydrogen) atoms. The van der Waals surface area contributed by atoms with Gasteiger partial charge in [0.15, 0.2) is 0 Å². The van der Waals surface area contributed by atoms with E-state index in [2.05, 4.69) is 262 Å². The fourth-order valence-electron chi connectivity index (χ4n) is 9.83. The van der Waals surface area contributed by atoms with Gasteiger partial charge in [0, 0.05) is 11.3 Å². The number of hydrogen-bond acceptors (Lipinski definition) is 0. The standard InChI is InChI=1S/C61H78P2/c1-16-43-61(44(2)3,55(45-23-19-17-20-24-45)62(51-35-27-47(28-36-51)57(4,5)6)52-37-29-48(30-38-52)58(7,8)9)56(46-25-21-18-22-26-46)63(53-39-31-49(32-40-53)59(10,11)12)54-41-33-50(34-42-54)60(13,14)15/h17-42,44,55-56H,16,43H2,1-15H3. The van der Waals surface area contributed by atoms with Gasteiger partial charge in [-0.1, -0.05) is 268 Å². The zero-order chi connectivity index (χ0) is 46.0. The van der Waals surface area contributed by atoms with Gasteiger partial charge in [0.2, 0.25) is 0 Å². The lowest BCUT2D eigenvalue weighted by Crippen LogP contribution is -2.43.